The quantitative estimate of drug-likeness (QED) is 0.583. The van der Waals surface area contributed by atoms with Gasteiger partial charge in [0.15, 0.2) is 0 Å². The summed E-state index contributed by atoms with van der Waals surface area (Å²) in [5, 5.41) is 2.84. The van der Waals surface area contributed by atoms with Crippen LogP contribution in [0.2, 0.25) is 0 Å². The molecule has 0 bridgehead atoms. The molecule has 34 heavy (non-hydrogen) atoms. The number of halogens is 1. The zero-order chi connectivity index (χ0) is 25.0. The van der Waals surface area contributed by atoms with Crippen LogP contribution in [0.15, 0.2) is 53.4 Å². The first kappa shape index (κ1) is 25.4. The molecule has 3 amide bonds. The van der Waals surface area contributed by atoms with E-state index >= 15 is 0 Å². The van der Waals surface area contributed by atoms with Gasteiger partial charge in [-0.25, -0.2) is 17.1 Å². The maximum absolute atomic E-state index is 13.3. The lowest BCUT2D eigenvalue weighted by molar-refractivity contribution is -0.140. The third-order valence-corrected chi connectivity index (χ3v) is 7.72. The second kappa shape index (κ2) is 10.3. The molecule has 0 radical (unpaired) electrons. The summed E-state index contributed by atoms with van der Waals surface area (Å²) in [5.41, 5.74) is 0.676. The van der Waals surface area contributed by atoms with Crippen LogP contribution in [0.1, 0.15) is 49.5 Å². The Hall–Kier alpha value is -3.27. The van der Waals surface area contributed by atoms with Crippen LogP contribution >= 0.6 is 0 Å². The minimum Gasteiger partial charge on any atom is -0.352 e. The van der Waals surface area contributed by atoms with E-state index in [2.05, 4.69) is 5.32 Å². The molecule has 1 N–H and O–H groups in total. The van der Waals surface area contributed by atoms with Crippen molar-refractivity contribution in [1.29, 1.82) is 0 Å². The van der Waals surface area contributed by atoms with Gasteiger partial charge in [-0.1, -0.05) is 31.2 Å². The third-order valence-electron chi connectivity index (χ3n) is 5.88. The van der Waals surface area contributed by atoms with Crippen LogP contribution in [0.25, 0.3) is 0 Å². The van der Waals surface area contributed by atoms with Gasteiger partial charge >= 0.3 is 0 Å². The van der Waals surface area contributed by atoms with Gasteiger partial charge in [-0.2, -0.15) is 0 Å². The maximum atomic E-state index is 13.3. The SMILES string of the molecule is CC[C@@H](C)NC(=O)[C@@H](C)N(Cc1ccc(F)cc1)C(=O)CCN1C(=O)c2ccccc2S1(=O)=O. The molecular weight excluding hydrogens is 461 g/mol. The van der Waals surface area contributed by atoms with Gasteiger partial charge in [0.05, 0.1) is 5.56 Å². The summed E-state index contributed by atoms with van der Waals surface area (Å²) >= 11 is 0. The first-order chi connectivity index (χ1) is 16.1. The van der Waals surface area contributed by atoms with Crippen LogP contribution in [0.4, 0.5) is 4.39 Å². The van der Waals surface area contributed by atoms with Gasteiger partial charge in [0, 0.05) is 25.6 Å². The van der Waals surface area contributed by atoms with Crippen molar-refractivity contribution >= 4 is 27.7 Å². The van der Waals surface area contributed by atoms with Crippen molar-refractivity contribution in [2.24, 2.45) is 0 Å². The van der Waals surface area contributed by atoms with Crippen molar-refractivity contribution in [3.63, 3.8) is 0 Å². The predicted molar refractivity (Wildman–Crippen MR) is 124 cm³/mol. The summed E-state index contributed by atoms with van der Waals surface area (Å²) in [6, 6.07) is 10.5. The van der Waals surface area contributed by atoms with Gasteiger partial charge in [0.2, 0.25) is 11.8 Å². The van der Waals surface area contributed by atoms with Gasteiger partial charge in [0.1, 0.15) is 16.8 Å². The van der Waals surface area contributed by atoms with Crippen molar-refractivity contribution in [3.8, 4) is 0 Å². The summed E-state index contributed by atoms with van der Waals surface area (Å²) in [7, 11) is -4.04. The Bertz CT molecular complexity index is 1180. The van der Waals surface area contributed by atoms with Gasteiger partial charge in [0.25, 0.3) is 15.9 Å². The monoisotopic (exact) mass is 489 g/mol. The number of carbonyl (C=O) groups is 3. The van der Waals surface area contributed by atoms with Crippen LogP contribution in [0.3, 0.4) is 0 Å². The highest BCUT2D eigenvalue weighted by Crippen LogP contribution is 2.30. The van der Waals surface area contributed by atoms with E-state index in [-0.39, 0.29) is 41.9 Å². The molecule has 2 aromatic rings. The van der Waals surface area contributed by atoms with Gasteiger partial charge < -0.3 is 10.2 Å². The summed E-state index contributed by atoms with van der Waals surface area (Å²) in [6.07, 6.45) is 0.404. The van der Waals surface area contributed by atoms with Crippen molar-refractivity contribution in [3.05, 3.63) is 65.5 Å². The average Bonchev–Trinajstić information content (AvgIpc) is 3.01. The summed E-state index contributed by atoms with van der Waals surface area (Å²) in [5.74, 6) is -1.98. The minimum absolute atomic E-state index is 0.0229. The fourth-order valence-electron chi connectivity index (χ4n) is 3.63. The highest BCUT2D eigenvalue weighted by molar-refractivity contribution is 7.90. The second-order valence-corrected chi connectivity index (χ2v) is 10.1. The molecule has 0 aromatic heterocycles. The van der Waals surface area contributed by atoms with E-state index in [0.29, 0.717) is 16.3 Å². The fraction of sp³-hybridized carbons (Fsp3) is 0.375. The number of amides is 3. The number of nitrogens with one attached hydrogen (secondary N) is 1. The molecule has 3 rings (SSSR count). The lowest BCUT2D eigenvalue weighted by Gasteiger charge is -2.30. The van der Waals surface area contributed by atoms with Crippen molar-refractivity contribution in [1.82, 2.24) is 14.5 Å². The second-order valence-electron chi connectivity index (χ2n) is 8.27. The molecule has 0 saturated carbocycles. The topological polar surface area (TPSA) is 104 Å². The summed E-state index contributed by atoms with van der Waals surface area (Å²) in [6.45, 7) is 5.01. The fourth-order valence-corrected chi connectivity index (χ4v) is 5.20. The number of benzene rings is 2. The number of sulfonamides is 1. The lowest BCUT2D eigenvalue weighted by atomic mass is 10.1. The molecule has 0 aliphatic carbocycles. The Morgan fingerprint density at radius 2 is 1.74 bits per heavy atom. The van der Waals surface area contributed by atoms with Crippen molar-refractivity contribution < 1.29 is 27.2 Å². The molecule has 0 spiro atoms. The molecule has 1 heterocycles. The van der Waals surface area contributed by atoms with E-state index in [1.807, 2.05) is 13.8 Å². The average molecular weight is 490 g/mol. The maximum Gasteiger partial charge on any atom is 0.269 e. The van der Waals surface area contributed by atoms with E-state index in [0.717, 1.165) is 0 Å². The number of hydrogen-bond donors (Lipinski definition) is 1. The normalized spacial score (nSPS) is 16.0. The van der Waals surface area contributed by atoms with Crippen LogP contribution in [0.5, 0.6) is 0 Å². The lowest BCUT2D eigenvalue weighted by Crippen LogP contribution is -2.50. The third kappa shape index (κ3) is 5.27. The zero-order valence-electron chi connectivity index (χ0n) is 19.3. The molecule has 0 fully saturated rings. The smallest absolute Gasteiger partial charge is 0.269 e. The minimum atomic E-state index is -4.04. The number of rotatable bonds is 9. The number of hydrogen-bond acceptors (Lipinski definition) is 5. The Balaban J connectivity index is 1.79. The molecule has 1 aliphatic rings. The van der Waals surface area contributed by atoms with E-state index < -0.39 is 33.7 Å². The predicted octanol–water partition coefficient (Wildman–Crippen LogP) is 2.69. The molecule has 8 nitrogen and oxygen atoms in total. The van der Waals surface area contributed by atoms with Crippen LogP contribution in [0, 0.1) is 5.82 Å². The van der Waals surface area contributed by atoms with Crippen molar-refractivity contribution in [2.45, 2.75) is 57.1 Å². The van der Waals surface area contributed by atoms with Crippen molar-refractivity contribution in [2.75, 3.05) is 6.54 Å². The molecule has 0 saturated heterocycles. The van der Waals surface area contributed by atoms with Crippen LogP contribution < -0.4 is 5.32 Å². The van der Waals surface area contributed by atoms with E-state index in [9.17, 15) is 27.2 Å². The van der Waals surface area contributed by atoms with Crippen LogP contribution in [-0.4, -0.2) is 54.0 Å². The molecule has 0 unspecified atom stereocenters. The first-order valence-electron chi connectivity index (χ1n) is 11.1. The zero-order valence-corrected chi connectivity index (χ0v) is 20.1. The Labute approximate surface area is 198 Å². The summed E-state index contributed by atoms with van der Waals surface area (Å²) in [4.78, 5) is 39.8. The molecule has 1 aliphatic heterocycles. The highest BCUT2D eigenvalue weighted by atomic mass is 32.2. The number of carbonyl (C=O) groups excluding carboxylic acids is 3. The van der Waals surface area contributed by atoms with Gasteiger partial charge in [-0.05, 0) is 50.1 Å². The highest BCUT2D eigenvalue weighted by Gasteiger charge is 2.41. The molecule has 2 atom stereocenters. The number of fused-ring (bicyclic) bond motifs is 1. The molecule has 10 heteroatoms. The Kier molecular flexibility index (Phi) is 7.71. The van der Waals surface area contributed by atoms with E-state index in [1.54, 1.807) is 13.0 Å². The van der Waals surface area contributed by atoms with E-state index in [4.69, 9.17) is 0 Å². The Morgan fingerprint density at radius 3 is 2.35 bits per heavy atom. The largest absolute Gasteiger partial charge is 0.352 e. The number of nitrogens with zero attached hydrogens (tertiary/aromatic N) is 2. The Morgan fingerprint density at radius 1 is 1.09 bits per heavy atom. The molecule has 2 aromatic carbocycles. The standard InChI is InChI=1S/C24H28FN3O5S/c1-4-16(2)26-23(30)17(3)27(15-18-9-11-19(25)12-10-18)22(29)13-14-28-24(31)20-7-5-6-8-21(20)34(28,32)33/h5-12,16-17H,4,13-15H2,1-3H3,(H,26,30)/t16-,17-/m1/s1. The molecule has 182 valence electrons. The van der Waals surface area contributed by atoms with E-state index in [1.165, 1.54) is 47.4 Å². The first-order valence-corrected chi connectivity index (χ1v) is 12.5. The van der Waals surface area contributed by atoms with Gasteiger partial charge in [-0.3, -0.25) is 14.4 Å². The molecular formula is C24H28FN3O5S. The van der Waals surface area contributed by atoms with Gasteiger partial charge in [-0.15, -0.1) is 0 Å². The summed E-state index contributed by atoms with van der Waals surface area (Å²) < 4.78 is 39.6. The van der Waals surface area contributed by atoms with Crippen LogP contribution in [-0.2, 0) is 26.2 Å².